The van der Waals surface area contributed by atoms with Crippen molar-refractivity contribution >= 4 is 29.1 Å². The van der Waals surface area contributed by atoms with E-state index in [1.165, 1.54) is 24.3 Å². The van der Waals surface area contributed by atoms with E-state index in [1.807, 2.05) is 19.1 Å². The van der Waals surface area contributed by atoms with Crippen molar-refractivity contribution in [2.75, 3.05) is 6.54 Å². The molecular weight excluding hydrogens is 358 g/mol. The summed E-state index contributed by atoms with van der Waals surface area (Å²) in [7, 11) is 0. The van der Waals surface area contributed by atoms with Gasteiger partial charge in [0.05, 0.1) is 11.0 Å². The van der Waals surface area contributed by atoms with Crippen molar-refractivity contribution in [2.45, 2.75) is 19.4 Å². The SMILES string of the molecule is C[C@@H](NC(=O)CCNC(=O)c1ccc([N+](=O)[O-])cc1)c1ccc(Cl)cc1. The van der Waals surface area contributed by atoms with E-state index in [0.717, 1.165) is 5.56 Å². The molecule has 0 aliphatic heterocycles. The Morgan fingerprint density at radius 2 is 1.73 bits per heavy atom. The van der Waals surface area contributed by atoms with Gasteiger partial charge < -0.3 is 10.6 Å². The van der Waals surface area contributed by atoms with Crippen molar-refractivity contribution in [2.24, 2.45) is 0 Å². The van der Waals surface area contributed by atoms with Crippen molar-refractivity contribution < 1.29 is 14.5 Å². The first-order chi connectivity index (χ1) is 12.4. The molecule has 2 aromatic carbocycles. The van der Waals surface area contributed by atoms with Crippen LogP contribution in [0.3, 0.4) is 0 Å². The first-order valence-corrected chi connectivity index (χ1v) is 8.32. The lowest BCUT2D eigenvalue weighted by Crippen LogP contribution is -2.32. The third-order valence-electron chi connectivity index (χ3n) is 3.73. The molecule has 0 saturated heterocycles. The topological polar surface area (TPSA) is 101 Å². The average molecular weight is 376 g/mol. The zero-order valence-electron chi connectivity index (χ0n) is 14.1. The van der Waals surface area contributed by atoms with E-state index >= 15 is 0 Å². The summed E-state index contributed by atoms with van der Waals surface area (Å²) in [5.41, 5.74) is 1.14. The van der Waals surface area contributed by atoms with Gasteiger partial charge in [-0.3, -0.25) is 19.7 Å². The van der Waals surface area contributed by atoms with Gasteiger partial charge in [-0.2, -0.15) is 0 Å². The minimum absolute atomic E-state index is 0.0860. The maximum Gasteiger partial charge on any atom is 0.269 e. The molecule has 0 saturated carbocycles. The van der Waals surface area contributed by atoms with Gasteiger partial charge in [-0.05, 0) is 36.8 Å². The Morgan fingerprint density at radius 1 is 1.12 bits per heavy atom. The van der Waals surface area contributed by atoms with Crippen molar-refractivity contribution in [3.8, 4) is 0 Å². The second kappa shape index (κ2) is 8.96. The summed E-state index contributed by atoms with van der Waals surface area (Å²) < 4.78 is 0. The monoisotopic (exact) mass is 375 g/mol. The summed E-state index contributed by atoms with van der Waals surface area (Å²) >= 11 is 5.83. The number of benzene rings is 2. The van der Waals surface area contributed by atoms with Crippen molar-refractivity contribution in [3.05, 3.63) is 74.8 Å². The maximum atomic E-state index is 12.0. The van der Waals surface area contributed by atoms with Crippen molar-refractivity contribution in [1.29, 1.82) is 0 Å². The molecule has 1 atom stereocenters. The van der Waals surface area contributed by atoms with Gasteiger partial charge in [0.2, 0.25) is 5.91 Å². The van der Waals surface area contributed by atoms with E-state index in [9.17, 15) is 19.7 Å². The number of nitro benzene ring substituents is 1. The predicted molar refractivity (Wildman–Crippen MR) is 98.1 cm³/mol. The predicted octanol–water partition coefficient (Wildman–Crippen LogP) is 3.25. The summed E-state index contributed by atoms with van der Waals surface area (Å²) in [5.74, 6) is -0.588. The molecule has 0 aliphatic rings. The molecule has 26 heavy (non-hydrogen) atoms. The molecule has 2 rings (SSSR count). The highest BCUT2D eigenvalue weighted by atomic mass is 35.5. The van der Waals surface area contributed by atoms with Crippen LogP contribution in [0.5, 0.6) is 0 Å². The van der Waals surface area contributed by atoms with Gasteiger partial charge in [-0.1, -0.05) is 23.7 Å². The van der Waals surface area contributed by atoms with Gasteiger partial charge in [-0.15, -0.1) is 0 Å². The lowest BCUT2D eigenvalue weighted by Gasteiger charge is -2.14. The molecular formula is C18H18ClN3O4. The van der Waals surface area contributed by atoms with E-state index in [-0.39, 0.29) is 30.6 Å². The average Bonchev–Trinajstić information content (AvgIpc) is 2.62. The molecule has 0 aliphatic carbocycles. The maximum absolute atomic E-state index is 12.0. The quantitative estimate of drug-likeness (QED) is 0.572. The van der Waals surface area contributed by atoms with Gasteiger partial charge in [-0.25, -0.2) is 0 Å². The standard InChI is InChI=1S/C18H18ClN3O4/c1-12(13-2-6-15(19)7-3-13)21-17(23)10-11-20-18(24)14-4-8-16(9-5-14)22(25)26/h2-9,12H,10-11H2,1H3,(H,20,24)(H,21,23)/t12-/m1/s1. The molecule has 2 aromatic rings. The molecule has 0 bridgehead atoms. The molecule has 0 unspecified atom stereocenters. The van der Waals surface area contributed by atoms with Crippen molar-refractivity contribution in [1.82, 2.24) is 10.6 Å². The van der Waals surface area contributed by atoms with Crippen LogP contribution in [0, 0.1) is 10.1 Å². The number of nitrogens with zero attached hydrogens (tertiary/aromatic N) is 1. The molecule has 2 N–H and O–H groups in total. The van der Waals surface area contributed by atoms with Crippen LogP contribution in [0.2, 0.25) is 5.02 Å². The fourth-order valence-corrected chi connectivity index (χ4v) is 2.40. The minimum atomic E-state index is -0.534. The fraction of sp³-hybridized carbons (Fsp3) is 0.222. The van der Waals surface area contributed by atoms with Gasteiger partial charge in [0.1, 0.15) is 0 Å². The Morgan fingerprint density at radius 3 is 2.31 bits per heavy atom. The zero-order valence-corrected chi connectivity index (χ0v) is 14.8. The second-order valence-electron chi connectivity index (χ2n) is 5.65. The largest absolute Gasteiger partial charge is 0.352 e. The third kappa shape index (κ3) is 5.56. The van der Waals surface area contributed by atoms with E-state index < -0.39 is 10.8 Å². The molecule has 0 spiro atoms. The number of hydrogen-bond acceptors (Lipinski definition) is 4. The fourth-order valence-electron chi connectivity index (χ4n) is 2.27. The van der Waals surface area contributed by atoms with Gasteiger partial charge >= 0.3 is 0 Å². The van der Waals surface area contributed by atoms with Gasteiger partial charge in [0.25, 0.3) is 11.6 Å². The van der Waals surface area contributed by atoms with Crippen LogP contribution < -0.4 is 10.6 Å². The van der Waals surface area contributed by atoms with Crippen LogP contribution >= 0.6 is 11.6 Å². The van der Waals surface area contributed by atoms with Crippen LogP contribution in [-0.4, -0.2) is 23.3 Å². The highest BCUT2D eigenvalue weighted by molar-refractivity contribution is 6.30. The molecule has 0 fully saturated rings. The Bertz CT molecular complexity index is 791. The summed E-state index contributed by atoms with van der Waals surface area (Å²) in [5, 5.41) is 16.7. The summed E-state index contributed by atoms with van der Waals surface area (Å²) in [6.45, 7) is 2.02. The Labute approximate surface area is 155 Å². The van der Waals surface area contributed by atoms with Crippen LogP contribution in [0.4, 0.5) is 5.69 Å². The highest BCUT2D eigenvalue weighted by Crippen LogP contribution is 2.16. The van der Waals surface area contributed by atoms with E-state index in [0.29, 0.717) is 10.6 Å². The molecule has 0 heterocycles. The number of amides is 2. The number of nitro groups is 1. The van der Waals surface area contributed by atoms with Crippen LogP contribution in [0.1, 0.15) is 35.3 Å². The zero-order chi connectivity index (χ0) is 19.1. The van der Waals surface area contributed by atoms with Crippen LogP contribution in [0.25, 0.3) is 0 Å². The van der Waals surface area contributed by atoms with Crippen LogP contribution in [-0.2, 0) is 4.79 Å². The number of non-ortho nitro benzene ring substituents is 1. The third-order valence-corrected chi connectivity index (χ3v) is 3.98. The van der Waals surface area contributed by atoms with E-state index in [2.05, 4.69) is 10.6 Å². The van der Waals surface area contributed by atoms with Gasteiger partial charge in [0, 0.05) is 35.7 Å². The lowest BCUT2D eigenvalue weighted by atomic mass is 10.1. The van der Waals surface area contributed by atoms with Crippen molar-refractivity contribution in [3.63, 3.8) is 0 Å². The Hall–Kier alpha value is -2.93. The summed E-state index contributed by atoms with van der Waals surface area (Å²) in [6.07, 6.45) is 0.122. The first-order valence-electron chi connectivity index (χ1n) is 7.94. The summed E-state index contributed by atoms with van der Waals surface area (Å²) in [6, 6.07) is 12.3. The lowest BCUT2D eigenvalue weighted by molar-refractivity contribution is -0.384. The number of nitrogens with one attached hydrogen (secondary N) is 2. The van der Waals surface area contributed by atoms with E-state index in [1.54, 1.807) is 12.1 Å². The Balaban J connectivity index is 1.77. The number of carbonyl (C=O) groups is 2. The second-order valence-corrected chi connectivity index (χ2v) is 6.09. The smallest absolute Gasteiger partial charge is 0.269 e. The molecule has 2 amide bonds. The number of halogens is 1. The number of hydrogen-bond donors (Lipinski definition) is 2. The highest BCUT2D eigenvalue weighted by Gasteiger charge is 2.12. The van der Waals surface area contributed by atoms with Gasteiger partial charge in [0.15, 0.2) is 0 Å². The number of rotatable bonds is 7. The molecule has 8 heteroatoms. The first kappa shape index (κ1) is 19.4. The van der Waals surface area contributed by atoms with E-state index in [4.69, 9.17) is 11.6 Å². The molecule has 0 aromatic heterocycles. The molecule has 136 valence electrons. The minimum Gasteiger partial charge on any atom is -0.352 e. The van der Waals surface area contributed by atoms with Crippen LogP contribution in [0.15, 0.2) is 48.5 Å². The molecule has 7 nitrogen and oxygen atoms in total. The normalized spacial score (nSPS) is 11.5. The number of carbonyl (C=O) groups excluding carboxylic acids is 2. The Kier molecular flexibility index (Phi) is 6.68. The molecule has 0 radical (unpaired) electrons. The summed E-state index contributed by atoms with van der Waals surface area (Å²) in [4.78, 5) is 34.0.